The van der Waals surface area contributed by atoms with E-state index in [0.717, 1.165) is 68.1 Å². The van der Waals surface area contributed by atoms with Crippen LogP contribution in [0.1, 0.15) is 54.9 Å². The summed E-state index contributed by atoms with van der Waals surface area (Å²) in [7, 11) is 2.12. The first-order valence-corrected chi connectivity index (χ1v) is 10.7. The highest BCUT2D eigenvalue weighted by molar-refractivity contribution is 5.77. The Bertz CT molecular complexity index is 852. The molecule has 1 fully saturated rings. The van der Waals surface area contributed by atoms with Gasteiger partial charge in [-0.1, -0.05) is 12.1 Å². The minimum atomic E-state index is 0.0211. The minimum Gasteiger partial charge on any atom is -0.494 e. The summed E-state index contributed by atoms with van der Waals surface area (Å²) in [4.78, 5) is 26.7. The lowest BCUT2D eigenvalue weighted by molar-refractivity contribution is -0.132. The number of ether oxygens (including phenoxy) is 1. The van der Waals surface area contributed by atoms with Crippen molar-refractivity contribution in [1.82, 2.24) is 19.8 Å². The van der Waals surface area contributed by atoms with Gasteiger partial charge in [-0.25, -0.2) is 9.97 Å². The van der Waals surface area contributed by atoms with Gasteiger partial charge in [0.05, 0.1) is 12.6 Å². The SMILES string of the molecule is CCOc1ccc(CCC(=O)N2CCCC2c2ncc3c(n2)CCN(C)C3)cc1. The number of benzene rings is 1. The van der Waals surface area contributed by atoms with Gasteiger partial charge in [-0.3, -0.25) is 4.79 Å². The lowest BCUT2D eigenvalue weighted by Gasteiger charge is -2.27. The molecule has 0 N–H and O–H groups in total. The van der Waals surface area contributed by atoms with Crippen LogP contribution < -0.4 is 4.74 Å². The maximum Gasteiger partial charge on any atom is 0.223 e. The molecular weight excluding hydrogens is 364 g/mol. The molecule has 1 aromatic carbocycles. The average Bonchev–Trinajstić information content (AvgIpc) is 3.23. The number of nitrogens with zero attached hydrogens (tertiary/aromatic N) is 4. The molecule has 29 heavy (non-hydrogen) atoms. The first-order chi connectivity index (χ1) is 14.1. The van der Waals surface area contributed by atoms with Gasteiger partial charge < -0.3 is 14.5 Å². The molecule has 1 amide bonds. The van der Waals surface area contributed by atoms with Gasteiger partial charge in [0.1, 0.15) is 5.75 Å². The van der Waals surface area contributed by atoms with Crippen molar-refractivity contribution in [3.8, 4) is 5.75 Å². The number of hydrogen-bond donors (Lipinski definition) is 0. The van der Waals surface area contributed by atoms with Crippen LogP contribution in [0.2, 0.25) is 0 Å². The van der Waals surface area contributed by atoms with Crippen LogP contribution in [0.15, 0.2) is 30.5 Å². The third kappa shape index (κ3) is 4.58. The molecule has 0 aliphatic carbocycles. The summed E-state index contributed by atoms with van der Waals surface area (Å²) in [6.45, 7) is 5.37. The lowest BCUT2D eigenvalue weighted by atomic mass is 10.1. The van der Waals surface area contributed by atoms with E-state index in [9.17, 15) is 4.79 Å². The van der Waals surface area contributed by atoms with Crippen molar-refractivity contribution in [2.75, 3.05) is 26.7 Å². The van der Waals surface area contributed by atoms with Gasteiger partial charge in [0.15, 0.2) is 5.82 Å². The number of carbonyl (C=O) groups excluding carboxylic acids is 1. The van der Waals surface area contributed by atoms with Crippen LogP contribution in [0.4, 0.5) is 0 Å². The Morgan fingerprint density at radius 2 is 2.07 bits per heavy atom. The topological polar surface area (TPSA) is 58.6 Å². The molecule has 3 heterocycles. The van der Waals surface area contributed by atoms with E-state index in [4.69, 9.17) is 9.72 Å². The number of hydrogen-bond acceptors (Lipinski definition) is 5. The molecule has 1 saturated heterocycles. The maximum absolute atomic E-state index is 12.9. The number of likely N-dealkylation sites (N-methyl/N-ethyl adjacent to an activating group) is 1. The zero-order valence-electron chi connectivity index (χ0n) is 17.4. The molecule has 6 heteroatoms. The lowest BCUT2D eigenvalue weighted by Crippen LogP contribution is -2.33. The van der Waals surface area contributed by atoms with E-state index in [1.165, 1.54) is 5.56 Å². The Hall–Kier alpha value is -2.47. The number of fused-ring (bicyclic) bond motifs is 1. The van der Waals surface area contributed by atoms with Crippen LogP contribution in [-0.2, 0) is 24.2 Å². The second-order valence-electron chi connectivity index (χ2n) is 8.01. The molecule has 0 spiro atoms. The third-order valence-corrected chi connectivity index (χ3v) is 5.88. The van der Waals surface area contributed by atoms with Crippen molar-refractivity contribution >= 4 is 5.91 Å². The molecule has 0 bridgehead atoms. The highest BCUT2D eigenvalue weighted by atomic mass is 16.5. The molecule has 2 aliphatic rings. The number of likely N-dealkylation sites (tertiary alicyclic amines) is 1. The zero-order valence-corrected chi connectivity index (χ0v) is 17.4. The number of rotatable bonds is 6. The van der Waals surface area contributed by atoms with Crippen LogP contribution in [-0.4, -0.2) is 52.4 Å². The number of aromatic nitrogens is 2. The van der Waals surface area contributed by atoms with Crippen molar-refractivity contribution in [2.45, 2.75) is 51.6 Å². The van der Waals surface area contributed by atoms with E-state index in [1.807, 2.05) is 42.3 Å². The first-order valence-electron chi connectivity index (χ1n) is 10.7. The predicted molar refractivity (Wildman–Crippen MR) is 112 cm³/mol. The van der Waals surface area contributed by atoms with Gasteiger partial charge in [-0.05, 0) is 50.9 Å². The normalized spacial score (nSPS) is 19.2. The summed E-state index contributed by atoms with van der Waals surface area (Å²) in [6.07, 6.45) is 6.15. The highest BCUT2D eigenvalue weighted by Crippen LogP contribution is 2.31. The van der Waals surface area contributed by atoms with E-state index >= 15 is 0 Å². The van der Waals surface area contributed by atoms with Gasteiger partial charge in [-0.2, -0.15) is 0 Å². The molecule has 2 aliphatic heterocycles. The van der Waals surface area contributed by atoms with Gasteiger partial charge in [0.25, 0.3) is 0 Å². The van der Waals surface area contributed by atoms with E-state index < -0.39 is 0 Å². The highest BCUT2D eigenvalue weighted by Gasteiger charge is 2.32. The molecule has 0 saturated carbocycles. The van der Waals surface area contributed by atoms with Crippen LogP contribution in [0.5, 0.6) is 5.75 Å². The summed E-state index contributed by atoms with van der Waals surface area (Å²) >= 11 is 0. The Labute approximate surface area is 172 Å². The van der Waals surface area contributed by atoms with Gasteiger partial charge in [-0.15, -0.1) is 0 Å². The minimum absolute atomic E-state index is 0.0211. The van der Waals surface area contributed by atoms with Crippen molar-refractivity contribution < 1.29 is 9.53 Å². The number of carbonyl (C=O) groups is 1. The molecular formula is C23H30N4O2. The maximum atomic E-state index is 12.9. The van der Waals surface area contributed by atoms with Crippen LogP contribution in [0.3, 0.4) is 0 Å². The second kappa shape index (κ2) is 8.91. The fraction of sp³-hybridized carbons (Fsp3) is 0.522. The Balaban J connectivity index is 1.39. The summed E-state index contributed by atoms with van der Waals surface area (Å²) in [5.74, 6) is 1.89. The third-order valence-electron chi connectivity index (χ3n) is 5.88. The molecule has 1 atom stereocenters. The fourth-order valence-corrected chi connectivity index (χ4v) is 4.28. The molecule has 154 valence electrons. The predicted octanol–water partition coefficient (Wildman–Crippen LogP) is 3.16. The van der Waals surface area contributed by atoms with E-state index in [-0.39, 0.29) is 11.9 Å². The Morgan fingerprint density at radius 3 is 2.86 bits per heavy atom. The molecule has 1 aromatic heterocycles. The van der Waals surface area contributed by atoms with Gasteiger partial charge in [0.2, 0.25) is 5.91 Å². The molecule has 2 aromatic rings. The van der Waals surface area contributed by atoms with Gasteiger partial charge >= 0.3 is 0 Å². The monoisotopic (exact) mass is 394 g/mol. The number of aryl methyl sites for hydroxylation is 1. The van der Waals surface area contributed by atoms with E-state index in [1.54, 1.807) is 0 Å². The first kappa shape index (κ1) is 19.8. The summed E-state index contributed by atoms with van der Waals surface area (Å²) in [6, 6.07) is 8.06. The van der Waals surface area contributed by atoms with Crippen molar-refractivity contribution in [3.05, 3.63) is 53.1 Å². The van der Waals surface area contributed by atoms with E-state index in [2.05, 4.69) is 16.9 Å². The van der Waals surface area contributed by atoms with Crippen molar-refractivity contribution in [2.24, 2.45) is 0 Å². The standard InChI is InChI=1S/C23H30N4O2/c1-3-29-19-9-6-17(7-10-19)8-11-22(28)27-13-4-5-21(27)23-24-15-18-16-26(2)14-12-20(18)25-23/h6-7,9-10,15,21H,3-5,8,11-14,16H2,1-2H3. The molecule has 6 nitrogen and oxygen atoms in total. The largest absolute Gasteiger partial charge is 0.494 e. The quantitative estimate of drug-likeness (QED) is 0.753. The van der Waals surface area contributed by atoms with E-state index in [0.29, 0.717) is 13.0 Å². The second-order valence-corrected chi connectivity index (χ2v) is 8.01. The van der Waals surface area contributed by atoms with Crippen LogP contribution >= 0.6 is 0 Å². The Morgan fingerprint density at radius 1 is 1.24 bits per heavy atom. The molecule has 0 radical (unpaired) electrons. The summed E-state index contributed by atoms with van der Waals surface area (Å²) < 4.78 is 5.48. The molecule has 1 unspecified atom stereocenters. The zero-order chi connectivity index (χ0) is 20.2. The summed E-state index contributed by atoms with van der Waals surface area (Å²) in [5.41, 5.74) is 3.53. The van der Waals surface area contributed by atoms with Crippen LogP contribution in [0.25, 0.3) is 0 Å². The van der Waals surface area contributed by atoms with Crippen LogP contribution in [0, 0.1) is 0 Å². The smallest absolute Gasteiger partial charge is 0.223 e. The average molecular weight is 395 g/mol. The summed E-state index contributed by atoms with van der Waals surface area (Å²) in [5, 5.41) is 0. The molecule has 4 rings (SSSR count). The fourth-order valence-electron chi connectivity index (χ4n) is 4.28. The van der Waals surface area contributed by atoms with Crippen molar-refractivity contribution in [1.29, 1.82) is 0 Å². The van der Waals surface area contributed by atoms with Gasteiger partial charge in [0, 0.05) is 49.9 Å². The Kier molecular flexibility index (Phi) is 6.09. The number of amides is 1. The van der Waals surface area contributed by atoms with Crippen molar-refractivity contribution in [3.63, 3.8) is 0 Å².